The predicted molar refractivity (Wildman–Crippen MR) is 203 cm³/mol. The first-order valence-electron chi connectivity index (χ1n) is 17.5. The first-order valence-corrected chi connectivity index (χ1v) is 17.5. The summed E-state index contributed by atoms with van der Waals surface area (Å²) < 4.78 is 36.6. The summed E-state index contributed by atoms with van der Waals surface area (Å²) in [6, 6.07) is 34.8. The largest absolute Gasteiger partial charge is 0.507 e. The van der Waals surface area contributed by atoms with Crippen molar-refractivity contribution in [1.82, 2.24) is 0 Å². The third kappa shape index (κ3) is 8.39. The second-order valence-electron chi connectivity index (χ2n) is 12.4. The lowest BCUT2D eigenvalue weighted by atomic mass is 9.84. The van der Waals surface area contributed by atoms with Gasteiger partial charge in [0.1, 0.15) is 30.6 Å². The highest BCUT2D eigenvalue weighted by molar-refractivity contribution is 6.07. The van der Waals surface area contributed by atoms with E-state index in [0.29, 0.717) is 58.6 Å². The molecule has 276 valence electrons. The highest BCUT2D eigenvalue weighted by atomic mass is 16.5. The molecule has 5 aromatic carbocycles. The molecule has 0 aliphatic carbocycles. The molecule has 0 radical (unpaired) electrons. The molecule has 0 aliphatic rings. The van der Waals surface area contributed by atoms with Crippen LogP contribution in [0.1, 0.15) is 45.6 Å². The van der Waals surface area contributed by atoms with E-state index in [4.69, 9.17) is 28.4 Å². The van der Waals surface area contributed by atoms with Gasteiger partial charge >= 0.3 is 5.97 Å². The van der Waals surface area contributed by atoms with E-state index in [1.807, 2.05) is 72.8 Å². The average Bonchev–Trinajstić information content (AvgIpc) is 3.20. The van der Waals surface area contributed by atoms with Crippen molar-refractivity contribution in [3.63, 3.8) is 0 Å². The molecule has 6 aromatic rings. The third-order valence-electron chi connectivity index (χ3n) is 8.96. The molecular formula is C44H42NO9+. The van der Waals surface area contributed by atoms with Crippen molar-refractivity contribution < 1.29 is 47.7 Å². The monoisotopic (exact) mass is 728 g/mol. The van der Waals surface area contributed by atoms with Gasteiger partial charge in [0.25, 0.3) is 0 Å². The van der Waals surface area contributed by atoms with Crippen LogP contribution in [0.25, 0.3) is 10.8 Å². The van der Waals surface area contributed by atoms with Gasteiger partial charge in [-0.15, -0.1) is 0 Å². The number of nitrogens with zero attached hydrogens (tertiary/aromatic N) is 1. The molecular weight excluding hydrogens is 686 g/mol. The molecule has 0 saturated carbocycles. The SMILES string of the molecule is CCOC(=O)C[n+]1ccc2cc(OCc3ccccc3)c(OC)cc2c1C(C(=O)c1cc(OC)ccc1O)c1ccc(OCc2ccccc2)c(OC)c1. The van der Waals surface area contributed by atoms with Gasteiger partial charge in [0.2, 0.25) is 12.2 Å². The molecule has 10 heteroatoms. The van der Waals surface area contributed by atoms with Crippen LogP contribution in [0.15, 0.2) is 121 Å². The van der Waals surface area contributed by atoms with Gasteiger partial charge in [-0.25, -0.2) is 4.79 Å². The van der Waals surface area contributed by atoms with Gasteiger partial charge in [-0.3, -0.25) is 4.79 Å². The highest BCUT2D eigenvalue weighted by Crippen LogP contribution is 2.41. The number of hydrogen-bond acceptors (Lipinski definition) is 9. The Balaban J connectivity index is 1.55. The van der Waals surface area contributed by atoms with Crippen LogP contribution in [-0.4, -0.2) is 44.8 Å². The maximum atomic E-state index is 15.0. The number of phenols is 1. The minimum Gasteiger partial charge on any atom is -0.507 e. The van der Waals surface area contributed by atoms with Crippen molar-refractivity contribution in [2.75, 3.05) is 27.9 Å². The van der Waals surface area contributed by atoms with Gasteiger partial charge in [0.15, 0.2) is 35.0 Å². The third-order valence-corrected chi connectivity index (χ3v) is 8.96. The van der Waals surface area contributed by atoms with E-state index in [2.05, 4.69) is 0 Å². The summed E-state index contributed by atoms with van der Waals surface area (Å²) in [4.78, 5) is 28.1. The normalized spacial score (nSPS) is 11.4. The number of pyridine rings is 1. The number of Topliss-reactive ketones (excluding diaryl/α,β-unsaturated/α-hetero) is 1. The molecule has 1 heterocycles. The fourth-order valence-corrected chi connectivity index (χ4v) is 6.30. The van der Waals surface area contributed by atoms with Crippen molar-refractivity contribution in [2.45, 2.75) is 32.6 Å². The molecule has 1 atom stereocenters. The van der Waals surface area contributed by atoms with Crippen LogP contribution in [-0.2, 0) is 29.3 Å². The van der Waals surface area contributed by atoms with Crippen molar-refractivity contribution in [3.05, 3.63) is 149 Å². The summed E-state index contributed by atoms with van der Waals surface area (Å²) in [7, 11) is 4.56. The van der Waals surface area contributed by atoms with Gasteiger partial charge in [0, 0.05) is 6.07 Å². The quantitative estimate of drug-likeness (QED) is 0.0612. The van der Waals surface area contributed by atoms with Crippen LogP contribution in [0, 0.1) is 0 Å². The second-order valence-corrected chi connectivity index (χ2v) is 12.4. The number of rotatable bonds is 16. The molecule has 10 nitrogen and oxygen atoms in total. The number of ketones is 1. The summed E-state index contributed by atoms with van der Waals surface area (Å²) in [5.74, 6) is -0.107. The molecule has 0 aliphatic heterocycles. The highest BCUT2D eigenvalue weighted by Gasteiger charge is 2.37. The molecule has 6 rings (SSSR count). The summed E-state index contributed by atoms with van der Waals surface area (Å²) >= 11 is 0. The Kier molecular flexibility index (Phi) is 11.9. The maximum Gasteiger partial charge on any atom is 0.372 e. The van der Waals surface area contributed by atoms with Crippen molar-refractivity contribution in [1.29, 1.82) is 0 Å². The van der Waals surface area contributed by atoms with Crippen molar-refractivity contribution in [3.8, 4) is 34.5 Å². The van der Waals surface area contributed by atoms with E-state index >= 15 is 4.79 Å². The minimum atomic E-state index is -1.10. The van der Waals surface area contributed by atoms with Gasteiger partial charge in [0.05, 0.1) is 38.9 Å². The number of aromatic nitrogens is 1. The zero-order valence-electron chi connectivity index (χ0n) is 30.6. The Morgan fingerprint density at radius 1 is 0.685 bits per heavy atom. The van der Waals surface area contributed by atoms with Gasteiger partial charge in [-0.1, -0.05) is 66.7 Å². The van der Waals surface area contributed by atoms with E-state index < -0.39 is 17.7 Å². The Morgan fingerprint density at radius 3 is 1.96 bits per heavy atom. The predicted octanol–water partition coefficient (Wildman–Crippen LogP) is 7.59. The molecule has 0 bridgehead atoms. The maximum absolute atomic E-state index is 15.0. The topological polar surface area (TPSA) is 114 Å². The first kappa shape index (κ1) is 37.2. The number of phenolic OH excluding ortho intramolecular Hbond substituents is 1. The van der Waals surface area contributed by atoms with E-state index in [9.17, 15) is 9.90 Å². The number of hydrogen-bond donors (Lipinski definition) is 1. The van der Waals surface area contributed by atoms with Gasteiger partial charge in [-0.2, -0.15) is 4.57 Å². The summed E-state index contributed by atoms with van der Waals surface area (Å²) in [6.07, 6.45) is 1.74. The Bertz CT molecular complexity index is 2240. The van der Waals surface area contributed by atoms with E-state index in [1.54, 1.807) is 55.1 Å². The minimum absolute atomic E-state index is 0.0252. The Hall–Kier alpha value is -6.55. The zero-order valence-corrected chi connectivity index (χ0v) is 30.6. The summed E-state index contributed by atoms with van der Waals surface area (Å²) in [5.41, 5.74) is 2.94. The molecule has 1 unspecified atom stereocenters. The average molecular weight is 729 g/mol. The number of esters is 1. The van der Waals surface area contributed by atoms with E-state index in [1.165, 1.54) is 26.4 Å². The fraction of sp³-hybridized carbons (Fsp3) is 0.205. The first-order chi connectivity index (χ1) is 26.3. The number of carbonyl (C=O) groups is 2. The molecule has 0 spiro atoms. The summed E-state index contributed by atoms with van der Waals surface area (Å²) in [5, 5.41) is 12.4. The Morgan fingerprint density at radius 2 is 1.33 bits per heavy atom. The van der Waals surface area contributed by atoms with Crippen molar-refractivity contribution in [2.24, 2.45) is 0 Å². The van der Waals surface area contributed by atoms with Crippen molar-refractivity contribution >= 4 is 22.5 Å². The smallest absolute Gasteiger partial charge is 0.372 e. The number of carbonyl (C=O) groups excluding carboxylic acids is 2. The molecule has 0 amide bonds. The zero-order chi connectivity index (χ0) is 38.0. The summed E-state index contributed by atoms with van der Waals surface area (Å²) in [6.45, 7) is 2.32. The lowest BCUT2D eigenvalue weighted by Crippen LogP contribution is -2.45. The number of benzene rings is 5. The van der Waals surface area contributed by atoms with Crippen LogP contribution < -0.4 is 28.3 Å². The van der Waals surface area contributed by atoms with Crippen LogP contribution in [0.4, 0.5) is 0 Å². The fourth-order valence-electron chi connectivity index (χ4n) is 6.30. The molecule has 1 aromatic heterocycles. The van der Waals surface area contributed by atoms with E-state index in [0.717, 1.165) is 16.5 Å². The van der Waals surface area contributed by atoms with Crippen LogP contribution in [0.3, 0.4) is 0 Å². The molecule has 0 saturated heterocycles. The number of fused-ring (bicyclic) bond motifs is 1. The lowest BCUT2D eigenvalue weighted by molar-refractivity contribution is -0.692. The standard InChI is InChI=1S/C44H41NO9/c1-5-52-41(47)26-45-21-20-31-22-40(54-28-30-14-10-7-11-15-30)39(51-4)25-34(31)43(45)42(44(48)35-24-33(49-2)17-18-36(35)46)32-16-19-37(38(23-32)50-3)53-27-29-12-8-6-9-13-29/h6-25,42H,5,26-28H2,1-4H3/p+1. The number of aromatic hydroxyl groups is 1. The molecule has 0 fully saturated rings. The number of methoxy groups -OCH3 is 3. The molecule has 1 N–H and O–H groups in total. The molecule has 54 heavy (non-hydrogen) atoms. The second kappa shape index (κ2) is 17.3. The van der Waals surface area contributed by atoms with Gasteiger partial charge < -0.3 is 33.5 Å². The van der Waals surface area contributed by atoms with Gasteiger partial charge in [-0.05, 0) is 71.5 Å². The Labute approximate surface area is 314 Å². The van der Waals surface area contributed by atoms with Crippen LogP contribution in [0.2, 0.25) is 0 Å². The van der Waals surface area contributed by atoms with Crippen LogP contribution in [0.5, 0.6) is 34.5 Å². The lowest BCUT2D eigenvalue weighted by Gasteiger charge is -2.21. The van der Waals surface area contributed by atoms with Crippen LogP contribution >= 0.6 is 0 Å². The van der Waals surface area contributed by atoms with E-state index in [-0.39, 0.29) is 24.5 Å². The number of ether oxygens (including phenoxy) is 6.